The lowest BCUT2D eigenvalue weighted by Crippen LogP contribution is -2.49. The fourth-order valence-corrected chi connectivity index (χ4v) is 3.63. The summed E-state index contributed by atoms with van der Waals surface area (Å²) in [5.41, 5.74) is -1.33. The van der Waals surface area contributed by atoms with Crippen molar-refractivity contribution in [2.45, 2.75) is 30.2 Å². The SMILES string of the molecule is CC1(NS(=O)(=O)c2ccc(F)c(C(=O)O)c2)CCOCC1. The highest BCUT2D eigenvalue weighted by atomic mass is 32.2. The number of hydrogen-bond donors (Lipinski definition) is 2. The molecule has 116 valence electrons. The zero-order chi connectivity index (χ0) is 15.7. The number of ether oxygens (including phenoxy) is 1. The lowest BCUT2D eigenvalue weighted by atomic mass is 9.94. The summed E-state index contributed by atoms with van der Waals surface area (Å²) >= 11 is 0. The highest BCUT2D eigenvalue weighted by Gasteiger charge is 2.33. The average molecular weight is 317 g/mol. The van der Waals surface area contributed by atoms with E-state index in [-0.39, 0.29) is 4.90 Å². The molecule has 6 nitrogen and oxygen atoms in total. The first kappa shape index (κ1) is 15.9. The molecular weight excluding hydrogens is 301 g/mol. The topological polar surface area (TPSA) is 92.7 Å². The lowest BCUT2D eigenvalue weighted by molar-refractivity contribution is 0.0537. The summed E-state index contributed by atoms with van der Waals surface area (Å²) in [5, 5.41) is 8.86. The molecule has 1 aromatic carbocycles. The van der Waals surface area contributed by atoms with Gasteiger partial charge in [0.2, 0.25) is 10.0 Å². The van der Waals surface area contributed by atoms with Gasteiger partial charge in [0.25, 0.3) is 0 Å². The Kier molecular flexibility index (Phi) is 4.31. The predicted octanol–water partition coefficient (Wildman–Crippen LogP) is 1.37. The maximum absolute atomic E-state index is 13.3. The molecule has 1 aliphatic rings. The molecule has 8 heteroatoms. The molecule has 1 heterocycles. The van der Waals surface area contributed by atoms with Crippen molar-refractivity contribution in [1.29, 1.82) is 0 Å². The number of rotatable bonds is 4. The first-order valence-electron chi connectivity index (χ1n) is 6.38. The van der Waals surface area contributed by atoms with Crippen molar-refractivity contribution >= 4 is 16.0 Å². The summed E-state index contributed by atoms with van der Waals surface area (Å²) in [5.74, 6) is -2.49. The Bertz CT molecular complexity index is 653. The summed E-state index contributed by atoms with van der Waals surface area (Å²) in [4.78, 5) is 10.6. The second kappa shape index (κ2) is 5.70. The minimum absolute atomic E-state index is 0.269. The Morgan fingerprint density at radius 2 is 2.00 bits per heavy atom. The third-order valence-corrected chi connectivity index (χ3v) is 5.09. The molecule has 0 saturated carbocycles. The number of aromatic carboxylic acids is 1. The van der Waals surface area contributed by atoms with Crippen LogP contribution in [0.1, 0.15) is 30.1 Å². The molecule has 0 bridgehead atoms. The van der Waals surface area contributed by atoms with Crippen LogP contribution in [-0.4, -0.2) is 38.2 Å². The van der Waals surface area contributed by atoms with Gasteiger partial charge < -0.3 is 9.84 Å². The van der Waals surface area contributed by atoms with Gasteiger partial charge in [-0.3, -0.25) is 0 Å². The van der Waals surface area contributed by atoms with Gasteiger partial charge in [-0.25, -0.2) is 22.3 Å². The molecule has 0 aromatic heterocycles. The predicted molar refractivity (Wildman–Crippen MR) is 72.1 cm³/mol. The number of sulfonamides is 1. The Balaban J connectivity index is 2.31. The summed E-state index contributed by atoms with van der Waals surface area (Å²) in [6.45, 7) is 2.65. The van der Waals surface area contributed by atoms with Gasteiger partial charge in [0, 0.05) is 18.8 Å². The van der Waals surface area contributed by atoms with Gasteiger partial charge in [-0.1, -0.05) is 0 Å². The Morgan fingerprint density at radius 3 is 2.57 bits per heavy atom. The van der Waals surface area contributed by atoms with Gasteiger partial charge in [0.05, 0.1) is 10.5 Å². The molecule has 0 radical (unpaired) electrons. The van der Waals surface area contributed by atoms with E-state index in [9.17, 15) is 17.6 Å². The molecule has 1 aromatic rings. The third kappa shape index (κ3) is 3.58. The van der Waals surface area contributed by atoms with Crippen LogP contribution in [0, 0.1) is 5.82 Å². The summed E-state index contributed by atoms with van der Waals surface area (Å²) in [6.07, 6.45) is 1.03. The standard InChI is InChI=1S/C13H16FNO5S/c1-13(4-6-20-7-5-13)15-21(18,19)9-2-3-11(14)10(8-9)12(16)17/h2-3,8,15H,4-7H2,1H3,(H,16,17). The van der Waals surface area contributed by atoms with Crippen molar-refractivity contribution in [1.82, 2.24) is 4.72 Å². The van der Waals surface area contributed by atoms with Crippen molar-refractivity contribution < 1.29 is 27.4 Å². The number of carboxylic acids is 1. The summed E-state index contributed by atoms with van der Waals surface area (Å²) < 4.78 is 45.7. The van der Waals surface area contributed by atoms with Gasteiger partial charge in [-0.15, -0.1) is 0 Å². The summed E-state index contributed by atoms with van der Waals surface area (Å²) in [6, 6.07) is 2.71. The van der Waals surface area contributed by atoms with Gasteiger partial charge in [0.1, 0.15) is 5.82 Å². The molecule has 0 unspecified atom stereocenters. The lowest BCUT2D eigenvalue weighted by Gasteiger charge is -2.34. The first-order chi connectivity index (χ1) is 9.73. The second-order valence-corrected chi connectivity index (χ2v) is 6.91. The number of nitrogens with one attached hydrogen (secondary N) is 1. The molecule has 0 atom stereocenters. The van der Waals surface area contributed by atoms with E-state index in [0.29, 0.717) is 26.1 Å². The van der Waals surface area contributed by atoms with E-state index in [0.717, 1.165) is 18.2 Å². The monoisotopic (exact) mass is 317 g/mol. The molecule has 0 spiro atoms. The van der Waals surface area contributed by atoms with E-state index in [1.165, 1.54) is 0 Å². The number of halogens is 1. The van der Waals surface area contributed by atoms with E-state index in [2.05, 4.69) is 4.72 Å². The third-order valence-electron chi connectivity index (χ3n) is 3.46. The zero-order valence-electron chi connectivity index (χ0n) is 11.4. The number of carboxylic acid groups (broad SMARTS) is 1. The van der Waals surface area contributed by atoms with Gasteiger partial charge >= 0.3 is 5.97 Å². The molecule has 21 heavy (non-hydrogen) atoms. The van der Waals surface area contributed by atoms with Gasteiger partial charge in [-0.2, -0.15) is 0 Å². The van der Waals surface area contributed by atoms with Crippen LogP contribution in [0.2, 0.25) is 0 Å². The fraction of sp³-hybridized carbons (Fsp3) is 0.462. The minimum atomic E-state index is -3.93. The van der Waals surface area contributed by atoms with E-state index < -0.39 is 32.9 Å². The molecular formula is C13H16FNO5S. The van der Waals surface area contributed by atoms with Crippen molar-refractivity contribution in [2.24, 2.45) is 0 Å². The van der Waals surface area contributed by atoms with E-state index in [1.807, 2.05) is 0 Å². The minimum Gasteiger partial charge on any atom is -0.478 e. The smallest absolute Gasteiger partial charge is 0.338 e. The maximum Gasteiger partial charge on any atom is 0.338 e. The Labute approximate surface area is 122 Å². The van der Waals surface area contributed by atoms with Gasteiger partial charge in [-0.05, 0) is 38.0 Å². The van der Waals surface area contributed by atoms with Crippen LogP contribution in [0.3, 0.4) is 0 Å². The van der Waals surface area contributed by atoms with Crippen molar-refractivity contribution in [3.8, 4) is 0 Å². The van der Waals surface area contributed by atoms with E-state index in [1.54, 1.807) is 6.92 Å². The van der Waals surface area contributed by atoms with Crippen LogP contribution >= 0.6 is 0 Å². The van der Waals surface area contributed by atoms with Crippen LogP contribution in [0.15, 0.2) is 23.1 Å². The molecule has 0 aliphatic carbocycles. The largest absolute Gasteiger partial charge is 0.478 e. The Hall–Kier alpha value is -1.51. The van der Waals surface area contributed by atoms with Crippen LogP contribution in [-0.2, 0) is 14.8 Å². The second-order valence-electron chi connectivity index (χ2n) is 5.23. The highest BCUT2D eigenvalue weighted by molar-refractivity contribution is 7.89. The van der Waals surface area contributed by atoms with Crippen molar-refractivity contribution in [3.63, 3.8) is 0 Å². The number of hydrogen-bond acceptors (Lipinski definition) is 4. The van der Waals surface area contributed by atoms with E-state index in [4.69, 9.17) is 9.84 Å². The Morgan fingerprint density at radius 1 is 1.38 bits per heavy atom. The summed E-state index contributed by atoms with van der Waals surface area (Å²) in [7, 11) is -3.93. The average Bonchev–Trinajstić information content (AvgIpc) is 2.38. The molecule has 0 amide bonds. The maximum atomic E-state index is 13.3. The van der Waals surface area contributed by atoms with Crippen molar-refractivity contribution in [3.05, 3.63) is 29.6 Å². The molecule has 1 fully saturated rings. The highest BCUT2D eigenvalue weighted by Crippen LogP contribution is 2.24. The number of benzene rings is 1. The van der Waals surface area contributed by atoms with Crippen LogP contribution in [0.4, 0.5) is 4.39 Å². The fourth-order valence-electron chi connectivity index (χ4n) is 2.14. The van der Waals surface area contributed by atoms with Crippen LogP contribution < -0.4 is 4.72 Å². The van der Waals surface area contributed by atoms with Crippen molar-refractivity contribution in [2.75, 3.05) is 13.2 Å². The number of carbonyl (C=O) groups is 1. The first-order valence-corrected chi connectivity index (χ1v) is 7.86. The molecule has 2 N–H and O–H groups in total. The molecule has 2 rings (SSSR count). The zero-order valence-corrected chi connectivity index (χ0v) is 12.2. The van der Waals surface area contributed by atoms with Gasteiger partial charge in [0.15, 0.2) is 0 Å². The van der Waals surface area contributed by atoms with E-state index >= 15 is 0 Å². The normalized spacial score (nSPS) is 18.4. The molecule has 1 saturated heterocycles. The molecule has 1 aliphatic heterocycles. The van der Waals surface area contributed by atoms with Crippen LogP contribution in [0.25, 0.3) is 0 Å². The quantitative estimate of drug-likeness (QED) is 0.875. The van der Waals surface area contributed by atoms with Crippen LogP contribution in [0.5, 0.6) is 0 Å².